The monoisotopic (exact) mass is 311 g/mol. The third kappa shape index (κ3) is 4.11. The predicted molar refractivity (Wildman–Crippen MR) is 69.3 cm³/mol. The SMILES string of the molecule is COCCCCNc1ccccc1S(=O)(=O)C(F)(F)F. The largest absolute Gasteiger partial charge is 0.501 e. The number of hydrogen-bond acceptors (Lipinski definition) is 4. The highest BCUT2D eigenvalue weighted by Crippen LogP contribution is 2.34. The zero-order chi connectivity index (χ0) is 15.2. The fourth-order valence-corrected chi connectivity index (χ4v) is 2.50. The molecule has 0 amide bonds. The number of unbranched alkanes of at least 4 members (excludes halogenated alkanes) is 1. The van der Waals surface area contributed by atoms with Gasteiger partial charge < -0.3 is 10.1 Å². The van der Waals surface area contributed by atoms with E-state index >= 15 is 0 Å². The Bertz CT molecular complexity index is 529. The van der Waals surface area contributed by atoms with Crippen LogP contribution in [0.1, 0.15) is 12.8 Å². The molecule has 0 aliphatic heterocycles. The molecule has 1 rings (SSSR count). The van der Waals surface area contributed by atoms with Crippen molar-refractivity contribution in [2.45, 2.75) is 23.2 Å². The lowest BCUT2D eigenvalue weighted by Gasteiger charge is -2.14. The van der Waals surface area contributed by atoms with Crippen molar-refractivity contribution in [2.75, 3.05) is 25.6 Å². The Morgan fingerprint density at radius 2 is 1.85 bits per heavy atom. The number of methoxy groups -OCH3 is 1. The van der Waals surface area contributed by atoms with Gasteiger partial charge in [-0.15, -0.1) is 0 Å². The van der Waals surface area contributed by atoms with Crippen molar-refractivity contribution in [3.63, 3.8) is 0 Å². The Morgan fingerprint density at radius 1 is 1.20 bits per heavy atom. The van der Waals surface area contributed by atoms with Crippen molar-refractivity contribution in [1.29, 1.82) is 0 Å². The van der Waals surface area contributed by atoms with E-state index in [0.29, 0.717) is 19.6 Å². The summed E-state index contributed by atoms with van der Waals surface area (Å²) < 4.78 is 65.4. The Balaban J connectivity index is 2.84. The molecule has 20 heavy (non-hydrogen) atoms. The van der Waals surface area contributed by atoms with Gasteiger partial charge in [-0.1, -0.05) is 12.1 Å². The summed E-state index contributed by atoms with van der Waals surface area (Å²) in [6.07, 6.45) is 1.39. The molecule has 0 aromatic heterocycles. The van der Waals surface area contributed by atoms with Gasteiger partial charge in [0.05, 0.1) is 10.6 Å². The number of sulfone groups is 1. The van der Waals surface area contributed by atoms with E-state index in [1.807, 2.05) is 0 Å². The van der Waals surface area contributed by atoms with Crippen LogP contribution in [-0.4, -0.2) is 34.2 Å². The zero-order valence-electron chi connectivity index (χ0n) is 10.9. The van der Waals surface area contributed by atoms with E-state index < -0.39 is 20.2 Å². The molecule has 0 bridgehead atoms. The van der Waals surface area contributed by atoms with Crippen LogP contribution < -0.4 is 5.32 Å². The third-order valence-corrected chi connectivity index (χ3v) is 4.12. The molecule has 0 aliphatic carbocycles. The van der Waals surface area contributed by atoms with Crippen LogP contribution in [0, 0.1) is 0 Å². The maximum atomic E-state index is 12.6. The van der Waals surface area contributed by atoms with Crippen LogP contribution in [0.15, 0.2) is 29.2 Å². The van der Waals surface area contributed by atoms with Crippen molar-refractivity contribution in [2.24, 2.45) is 0 Å². The number of nitrogens with one attached hydrogen (secondary N) is 1. The average molecular weight is 311 g/mol. The van der Waals surface area contributed by atoms with Crippen molar-refractivity contribution in [3.05, 3.63) is 24.3 Å². The van der Waals surface area contributed by atoms with E-state index in [0.717, 1.165) is 12.5 Å². The summed E-state index contributed by atoms with van der Waals surface area (Å²) in [5.74, 6) is 0. The average Bonchev–Trinajstić information content (AvgIpc) is 2.37. The van der Waals surface area contributed by atoms with Crippen molar-refractivity contribution in [3.8, 4) is 0 Å². The van der Waals surface area contributed by atoms with Gasteiger partial charge in [-0.3, -0.25) is 0 Å². The number of benzene rings is 1. The Labute approximate surface area is 115 Å². The van der Waals surface area contributed by atoms with Crippen LogP contribution in [0.25, 0.3) is 0 Å². The van der Waals surface area contributed by atoms with E-state index in [1.165, 1.54) is 18.2 Å². The van der Waals surface area contributed by atoms with E-state index in [1.54, 1.807) is 7.11 Å². The fraction of sp³-hybridized carbons (Fsp3) is 0.500. The number of anilines is 1. The predicted octanol–water partition coefficient (Wildman–Crippen LogP) is 2.82. The van der Waals surface area contributed by atoms with Crippen LogP contribution in [-0.2, 0) is 14.6 Å². The first-order valence-electron chi connectivity index (χ1n) is 5.94. The molecule has 0 saturated carbocycles. The number of para-hydroxylation sites is 1. The van der Waals surface area contributed by atoms with Crippen molar-refractivity contribution >= 4 is 15.5 Å². The number of halogens is 3. The second kappa shape index (κ2) is 6.94. The van der Waals surface area contributed by atoms with Crippen LogP contribution in [0.4, 0.5) is 18.9 Å². The first kappa shape index (κ1) is 16.8. The van der Waals surface area contributed by atoms with Crippen molar-refractivity contribution in [1.82, 2.24) is 0 Å². The lowest BCUT2D eigenvalue weighted by atomic mass is 10.3. The first-order chi connectivity index (χ1) is 9.30. The van der Waals surface area contributed by atoms with Gasteiger partial charge in [-0.25, -0.2) is 8.42 Å². The highest BCUT2D eigenvalue weighted by atomic mass is 32.2. The molecule has 1 aromatic carbocycles. The quantitative estimate of drug-likeness (QED) is 0.787. The normalized spacial score (nSPS) is 12.4. The number of rotatable bonds is 7. The summed E-state index contributed by atoms with van der Waals surface area (Å²) in [6.45, 7) is 0.915. The molecule has 1 aromatic rings. The number of ether oxygens (including phenoxy) is 1. The topological polar surface area (TPSA) is 55.4 Å². The fourth-order valence-electron chi connectivity index (χ4n) is 1.57. The summed E-state index contributed by atoms with van der Waals surface area (Å²) in [4.78, 5) is -0.751. The smallest absolute Gasteiger partial charge is 0.385 e. The summed E-state index contributed by atoms with van der Waals surface area (Å²) in [5, 5.41) is 2.72. The summed E-state index contributed by atoms with van der Waals surface area (Å²) in [7, 11) is -3.79. The maximum Gasteiger partial charge on any atom is 0.501 e. The van der Waals surface area contributed by atoms with Gasteiger partial charge in [-0.2, -0.15) is 13.2 Å². The zero-order valence-corrected chi connectivity index (χ0v) is 11.7. The highest BCUT2D eigenvalue weighted by molar-refractivity contribution is 7.92. The second-order valence-electron chi connectivity index (χ2n) is 4.07. The number of alkyl halides is 3. The minimum absolute atomic E-state index is 0.0396. The molecule has 0 saturated heterocycles. The Hall–Kier alpha value is -1.28. The molecular weight excluding hydrogens is 295 g/mol. The molecule has 0 unspecified atom stereocenters. The molecule has 0 fully saturated rings. The number of hydrogen-bond donors (Lipinski definition) is 1. The lowest BCUT2D eigenvalue weighted by molar-refractivity contribution is -0.0435. The Morgan fingerprint density at radius 3 is 2.45 bits per heavy atom. The van der Waals surface area contributed by atoms with Gasteiger partial charge in [0.25, 0.3) is 9.84 Å². The van der Waals surface area contributed by atoms with Crippen LogP contribution in [0.5, 0.6) is 0 Å². The van der Waals surface area contributed by atoms with E-state index in [2.05, 4.69) is 5.32 Å². The lowest BCUT2D eigenvalue weighted by Crippen LogP contribution is -2.24. The molecular formula is C12H16F3NO3S. The van der Waals surface area contributed by atoms with Gasteiger partial charge in [-0.05, 0) is 25.0 Å². The summed E-state index contributed by atoms with van der Waals surface area (Å²) >= 11 is 0. The van der Waals surface area contributed by atoms with Gasteiger partial charge >= 0.3 is 5.51 Å². The van der Waals surface area contributed by atoms with E-state index in [4.69, 9.17) is 4.74 Å². The van der Waals surface area contributed by atoms with E-state index in [9.17, 15) is 21.6 Å². The molecule has 0 heterocycles. The minimum Gasteiger partial charge on any atom is -0.385 e. The second-order valence-corrected chi connectivity index (χ2v) is 5.98. The highest BCUT2D eigenvalue weighted by Gasteiger charge is 2.47. The van der Waals surface area contributed by atoms with Crippen LogP contribution in [0.3, 0.4) is 0 Å². The minimum atomic E-state index is -5.34. The van der Waals surface area contributed by atoms with Gasteiger partial charge in [0.1, 0.15) is 0 Å². The molecule has 0 radical (unpaired) electrons. The molecule has 4 nitrogen and oxygen atoms in total. The van der Waals surface area contributed by atoms with Crippen LogP contribution in [0.2, 0.25) is 0 Å². The first-order valence-corrected chi connectivity index (χ1v) is 7.42. The maximum absolute atomic E-state index is 12.6. The van der Waals surface area contributed by atoms with Crippen LogP contribution >= 0.6 is 0 Å². The third-order valence-electron chi connectivity index (χ3n) is 2.57. The van der Waals surface area contributed by atoms with Crippen molar-refractivity contribution < 1.29 is 26.3 Å². The summed E-state index contributed by atoms with van der Waals surface area (Å²) in [6, 6.07) is 5.00. The molecule has 0 atom stereocenters. The Kier molecular flexibility index (Phi) is 5.82. The summed E-state index contributed by atoms with van der Waals surface area (Å²) in [5.41, 5.74) is -5.34. The molecule has 0 aliphatic rings. The van der Waals surface area contributed by atoms with Gasteiger partial charge in [0.2, 0.25) is 0 Å². The van der Waals surface area contributed by atoms with Gasteiger partial charge in [0, 0.05) is 20.3 Å². The molecule has 1 N–H and O–H groups in total. The van der Waals surface area contributed by atoms with E-state index in [-0.39, 0.29) is 5.69 Å². The van der Waals surface area contributed by atoms with Gasteiger partial charge in [0.15, 0.2) is 0 Å². The molecule has 0 spiro atoms. The molecule has 8 heteroatoms. The standard InChI is InChI=1S/C12H16F3NO3S/c1-19-9-5-4-8-16-10-6-2-3-7-11(10)20(17,18)12(13,14)15/h2-3,6-7,16H,4-5,8-9H2,1H3. The molecule has 114 valence electrons.